The number of unbranched alkanes of at least 4 members (excludes halogenated alkanes) is 1. The first-order valence-electron chi connectivity index (χ1n) is 9.23. The molecule has 1 unspecified atom stereocenters. The molecule has 0 radical (unpaired) electrons. The minimum atomic E-state index is -0.957. The second-order valence-corrected chi connectivity index (χ2v) is 7.98. The highest BCUT2D eigenvalue weighted by Gasteiger charge is 2.16. The highest BCUT2D eigenvalue weighted by atomic mass is 32.2. The first-order valence-corrected chi connectivity index (χ1v) is 10.5. The maximum Gasteiger partial charge on any atom is 0.152 e. The summed E-state index contributed by atoms with van der Waals surface area (Å²) in [6.45, 7) is 5.84. The third-order valence-corrected chi connectivity index (χ3v) is 5.92. The van der Waals surface area contributed by atoms with E-state index in [4.69, 9.17) is 10.5 Å². The molecule has 0 amide bonds. The number of ether oxygens (including phenoxy) is 1. The number of fused-ring (bicyclic) bond motifs is 1. The highest BCUT2D eigenvalue weighted by molar-refractivity contribution is 7.91. The minimum absolute atomic E-state index is 0.442. The van der Waals surface area contributed by atoms with Gasteiger partial charge in [-0.3, -0.25) is 0 Å². The van der Waals surface area contributed by atoms with Crippen LogP contribution < -0.4 is 5.73 Å². The SMILES string of the molecule is CCOCc1nc2c(N)ncc(C)c2n1CCCC[S+]([O-])c1ccccc1. The molecule has 1 aromatic carbocycles. The lowest BCUT2D eigenvalue weighted by molar-refractivity contribution is 0.126. The molecular weight excluding hydrogens is 360 g/mol. The number of hydrogen-bond acceptors (Lipinski definition) is 5. The van der Waals surface area contributed by atoms with Crippen LogP contribution in [0.3, 0.4) is 0 Å². The van der Waals surface area contributed by atoms with Gasteiger partial charge in [-0.25, -0.2) is 9.97 Å². The standard InChI is InChI=1S/C20H26N4O2S/c1-3-26-14-17-23-18-19(15(2)13-22-20(18)21)24(17)11-7-8-12-27(25)16-9-5-4-6-10-16/h4-6,9-10,13H,3,7-8,11-12,14H2,1-2H3,(H2,21,22). The summed E-state index contributed by atoms with van der Waals surface area (Å²) in [5, 5.41) is 0. The molecule has 7 heteroatoms. The summed E-state index contributed by atoms with van der Waals surface area (Å²) in [5.41, 5.74) is 8.82. The number of nitrogens with zero attached hydrogens (tertiary/aromatic N) is 3. The van der Waals surface area contributed by atoms with Crippen LogP contribution in [0.1, 0.15) is 31.2 Å². The van der Waals surface area contributed by atoms with Crippen molar-refractivity contribution in [1.82, 2.24) is 14.5 Å². The van der Waals surface area contributed by atoms with Crippen LogP contribution in [0.5, 0.6) is 0 Å². The molecule has 1 atom stereocenters. The van der Waals surface area contributed by atoms with Crippen LogP contribution in [0.4, 0.5) is 5.82 Å². The van der Waals surface area contributed by atoms with E-state index in [0.717, 1.165) is 46.7 Å². The van der Waals surface area contributed by atoms with Gasteiger partial charge in [-0.2, -0.15) is 0 Å². The van der Waals surface area contributed by atoms with Gasteiger partial charge in [0.2, 0.25) is 0 Å². The number of hydrogen-bond donors (Lipinski definition) is 1. The molecule has 0 spiro atoms. The van der Waals surface area contributed by atoms with E-state index in [2.05, 4.69) is 14.5 Å². The van der Waals surface area contributed by atoms with Gasteiger partial charge in [0, 0.05) is 19.3 Å². The highest BCUT2D eigenvalue weighted by Crippen LogP contribution is 2.25. The maximum atomic E-state index is 12.4. The van der Waals surface area contributed by atoms with Gasteiger partial charge in [-0.15, -0.1) is 0 Å². The average Bonchev–Trinajstić information content (AvgIpc) is 3.06. The van der Waals surface area contributed by atoms with Crippen LogP contribution in [0.2, 0.25) is 0 Å². The lowest BCUT2D eigenvalue weighted by atomic mass is 10.2. The molecule has 6 nitrogen and oxygen atoms in total. The predicted molar refractivity (Wildman–Crippen MR) is 109 cm³/mol. The number of nitrogen functional groups attached to an aromatic ring is 1. The molecule has 2 aromatic heterocycles. The largest absolute Gasteiger partial charge is 0.611 e. The fourth-order valence-corrected chi connectivity index (χ4v) is 4.27. The summed E-state index contributed by atoms with van der Waals surface area (Å²) in [6, 6.07) is 9.61. The minimum Gasteiger partial charge on any atom is -0.611 e. The van der Waals surface area contributed by atoms with Gasteiger partial charge in [-0.05, 0) is 55.6 Å². The predicted octanol–water partition coefficient (Wildman–Crippen LogP) is 3.45. The monoisotopic (exact) mass is 386 g/mol. The number of anilines is 1. The van der Waals surface area contributed by atoms with Crippen molar-refractivity contribution in [2.24, 2.45) is 0 Å². The van der Waals surface area contributed by atoms with Crippen LogP contribution in [0, 0.1) is 6.92 Å². The number of aryl methyl sites for hydroxylation is 2. The Morgan fingerprint density at radius 1 is 1.22 bits per heavy atom. The topological polar surface area (TPSA) is 89.0 Å². The normalized spacial score (nSPS) is 12.6. The molecule has 2 N–H and O–H groups in total. The Morgan fingerprint density at radius 2 is 2.00 bits per heavy atom. The third-order valence-electron chi connectivity index (χ3n) is 4.46. The summed E-state index contributed by atoms with van der Waals surface area (Å²) in [4.78, 5) is 9.76. The van der Waals surface area contributed by atoms with E-state index in [1.54, 1.807) is 6.20 Å². The molecule has 0 saturated carbocycles. The van der Waals surface area contributed by atoms with E-state index in [0.29, 0.717) is 24.8 Å². The summed E-state index contributed by atoms with van der Waals surface area (Å²) in [5.74, 6) is 1.95. The van der Waals surface area contributed by atoms with Crippen molar-refractivity contribution in [3.05, 3.63) is 47.9 Å². The van der Waals surface area contributed by atoms with Crippen molar-refractivity contribution in [3.63, 3.8) is 0 Å². The molecule has 0 aliphatic heterocycles. The van der Waals surface area contributed by atoms with Crippen LogP contribution in [0.25, 0.3) is 11.0 Å². The third kappa shape index (κ3) is 4.61. The van der Waals surface area contributed by atoms with Gasteiger partial charge in [-0.1, -0.05) is 18.2 Å². The smallest absolute Gasteiger partial charge is 0.152 e. The van der Waals surface area contributed by atoms with Crippen molar-refractivity contribution in [2.45, 2.75) is 44.7 Å². The zero-order chi connectivity index (χ0) is 19.2. The molecule has 0 aliphatic carbocycles. The van der Waals surface area contributed by atoms with Crippen molar-refractivity contribution < 1.29 is 9.29 Å². The number of benzene rings is 1. The van der Waals surface area contributed by atoms with Gasteiger partial charge >= 0.3 is 0 Å². The molecule has 3 aromatic rings. The Balaban J connectivity index is 1.70. The van der Waals surface area contributed by atoms with Crippen LogP contribution in [0.15, 0.2) is 41.4 Å². The Bertz CT molecular complexity index is 883. The molecule has 0 fully saturated rings. The fourth-order valence-electron chi connectivity index (χ4n) is 3.10. The molecule has 2 heterocycles. The summed E-state index contributed by atoms with van der Waals surface area (Å²) < 4.78 is 20.1. The van der Waals surface area contributed by atoms with Gasteiger partial charge in [0.15, 0.2) is 10.7 Å². The van der Waals surface area contributed by atoms with Crippen molar-refractivity contribution >= 4 is 28.0 Å². The fraction of sp³-hybridized carbons (Fsp3) is 0.400. The van der Waals surface area contributed by atoms with E-state index >= 15 is 0 Å². The molecular formula is C20H26N4O2S. The first-order chi connectivity index (χ1) is 13.1. The lowest BCUT2D eigenvalue weighted by Crippen LogP contribution is -2.10. The zero-order valence-corrected chi connectivity index (χ0v) is 16.7. The molecule has 0 bridgehead atoms. The Kier molecular flexibility index (Phi) is 6.71. The van der Waals surface area contributed by atoms with E-state index in [-0.39, 0.29) is 0 Å². The molecule has 144 valence electrons. The summed E-state index contributed by atoms with van der Waals surface area (Å²) >= 11 is -0.957. The summed E-state index contributed by atoms with van der Waals surface area (Å²) in [7, 11) is 0. The van der Waals surface area contributed by atoms with Gasteiger partial charge in [0.25, 0.3) is 0 Å². The number of nitrogens with two attached hydrogens (primary N) is 1. The number of aromatic nitrogens is 3. The quantitative estimate of drug-likeness (QED) is 0.449. The molecule has 3 rings (SSSR count). The molecule has 0 saturated heterocycles. The van der Waals surface area contributed by atoms with E-state index in [1.807, 2.05) is 44.2 Å². The van der Waals surface area contributed by atoms with Gasteiger partial charge in [0.05, 0.1) is 5.52 Å². The van der Waals surface area contributed by atoms with Gasteiger partial charge in [0.1, 0.15) is 23.7 Å². The second kappa shape index (κ2) is 9.21. The van der Waals surface area contributed by atoms with E-state index < -0.39 is 11.2 Å². The van der Waals surface area contributed by atoms with Gasteiger partial charge < -0.3 is 19.6 Å². The van der Waals surface area contributed by atoms with E-state index in [9.17, 15) is 4.55 Å². The Hall–Kier alpha value is -2.09. The van der Waals surface area contributed by atoms with E-state index in [1.165, 1.54) is 0 Å². The number of imidazole rings is 1. The zero-order valence-electron chi connectivity index (χ0n) is 15.9. The Labute approximate surface area is 162 Å². The van der Waals surface area contributed by atoms with Crippen LogP contribution in [-0.2, 0) is 29.1 Å². The molecule has 0 aliphatic rings. The lowest BCUT2D eigenvalue weighted by Gasteiger charge is -2.12. The second-order valence-electron chi connectivity index (χ2n) is 6.41. The first kappa shape index (κ1) is 19.7. The van der Waals surface area contributed by atoms with Crippen molar-refractivity contribution in [3.8, 4) is 0 Å². The van der Waals surface area contributed by atoms with Crippen molar-refractivity contribution in [1.29, 1.82) is 0 Å². The Morgan fingerprint density at radius 3 is 2.74 bits per heavy atom. The number of rotatable bonds is 9. The van der Waals surface area contributed by atoms with Crippen LogP contribution >= 0.6 is 0 Å². The van der Waals surface area contributed by atoms with Crippen molar-refractivity contribution in [2.75, 3.05) is 18.1 Å². The maximum absolute atomic E-state index is 12.4. The molecule has 27 heavy (non-hydrogen) atoms. The van der Waals surface area contributed by atoms with Crippen LogP contribution in [-0.4, -0.2) is 31.4 Å². The average molecular weight is 387 g/mol. The number of pyridine rings is 1. The summed E-state index contributed by atoms with van der Waals surface area (Å²) in [6.07, 6.45) is 3.56.